The van der Waals surface area contributed by atoms with E-state index in [0.29, 0.717) is 23.9 Å². The van der Waals surface area contributed by atoms with Crippen LogP contribution in [0.2, 0.25) is 0 Å². The normalized spacial score (nSPS) is 10.4. The monoisotopic (exact) mass is 305 g/mol. The lowest BCUT2D eigenvalue weighted by Gasteiger charge is -2.12. The number of aromatic nitrogens is 3. The second-order valence-electron chi connectivity index (χ2n) is 4.44. The van der Waals surface area contributed by atoms with Crippen LogP contribution < -0.4 is 26.0 Å². The molecule has 0 fully saturated rings. The lowest BCUT2D eigenvalue weighted by molar-refractivity contribution is 0.355. The molecule has 0 saturated carbocycles. The zero-order valence-electron chi connectivity index (χ0n) is 13.0. The van der Waals surface area contributed by atoms with Crippen molar-refractivity contribution >= 4 is 5.95 Å². The van der Waals surface area contributed by atoms with Gasteiger partial charge in [-0.15, -0.1) is 0 Å². The molecule has 0 aliphatic rings. The van der Waals surface area contributed by atoms with E-state index in [1.165, 1.54) is 4.57 Å². The Morgan fingerprint density at radius 1 is 1.18 bits per heavy atom. The summed E-state index contributed by atoms with van der Waals surface area (Å²) < 4.78 is 11.9. The van der Waals surface area contributed by atoms with Crippen molar-refractivity contribution < 1.29 is 9.47 Å². The van der Waals surface area contributed by atoms with Crippen LogP contribution in [0, 0.1) is 0 Å². The van der Waals surface area contributed by atoms with E-state index in [1.807, 2.05) is 6.92 Å². The number of nitrogens with zero attached hydrogens (tertiary/aromatic N) is 3. The summed E-state index contributed by atoms with van der Waals surface area (Å²) in [7, 11) is 4.74. The number of benzene rings is 1. The Balaban J connectivity index is 2.51. The van der Waals surface area contributed by atoms with Crippen molar-refractivity contribution in [3.05, 3.63) is 28.7 Å². The van der Waals surface area contributed by atoms with Gasteiger partial charge in [0.2, 0.25) is 5.95 Å². The zero-order chi connectivity index (χ0) is 16.1. The SMILES string of the molecule is CCNNc1nc(-c2ccc(OC)c(OC)c2)n(C)c(=O)n1. The summed E-state index contributed by atoms with van der Waals surface area (Å²) in [4.78, 5) is 20.2. The highest BCUT2D eigenvalue weighted by molar-refractivity contribution is 5.62. The zero-order valence-corrected chi connectivity index (χ0v) is 13.0. The van der Waals surface area contributed by atoms with Gasteiger partial charge >= 0.3 is 5.69 Å². The molecule has 0 spiro atoms. The first-order valence-corrected chi connectivity index (χ1v) is 6.77. The van der Waals surface area contributed by atoms with Crippen molar-refractivity contribution in [2.75, 3.05) is 26.2 Å². The predicted octanol–water partition coefficient (Wildman–Crippen LogP) is 0.796. The first-order valence-electron chi connectivity index (χ1n) is 6.77. The predicted molar refractivity (Wildman–Crippen MR) is 83.1 cm³/mol. The minimum Gasteiger partial charge on any atom is -0.493 e. The Bertz CT molecular complexity index is 714. The molecule has 0 aliphatic carbocycles. The fraction of sp³-hybridized carbons (Fsp3) is 0.357. The van der Waals surface area contributed by atoms with Crippen LogP contribution >= 0.6 is 0 Å². The van der Waals surface area contributed by atoms with Gasteiger partial charge in [-0.3, -0.25) is 9.99 Å². The Morgan fingerprint density at radius 3 is 2.55 bits per heavy atom. The number of anilines is 1. The lowest BCUT2D eigenvalue weighted by atomic mass is 10.2. The Morgan fingerprint density at radius 2 is 1.91 bits per heavy atom. The summed E-state index contributed by atoms with van der Waals surface area (Å²) in [6.07, 6.45) is 0. The molecular formula is C14H19N5O3. The van der Waals surface area contributed by atoms with Gasteiger partial charge in [-0.25, -0.2) is 10.2 Å². The quantitative estimate of drug-likeness (QED) is 0.763. The van der Waals surface area contributed by atoms with E-state index in [2.05, 4.69) is 20.8 Å². The first-order chi connectivity index (χ1) is 10.6. The maximum atomic E-state index is 12.0. The number of methoxy groups -OCH3 is 2. The van der Waals surface area contributed by atoms with Gasteiger partial charge < -0.3 is 9.47 Å². The summed E-state index contributed by atoms with van der Waals surface area (Å²) in [5.41, 5.74) is 5.96. The fourth-order valence-corrected chi connectivity index (χ4v) is 1.91. The Kier molecular flexibility index (Phi) is 4.95. The van der Waals surface area contributed by atoms with E-state index in [4.69, 9.17) is 9.47 Å². The van der Waals surface area contributed by atoms with Gasteiger partial charge in [-0.2, -0.15) is 9.97 Å². The van der Waals surface area contributed by atoms with E-state index in [1.54, 1.807) is 39.5 Å². The molecule has 8 nitrogen and oxygen atoms in total. The van der Waals surface area contributed by atoms with Gasteiger partial charge in [-0.05, 0) is 18.2 Å². The molecule has 1 aromatic carbocycles. The minimum atomic E-state index is -0.403. The molecule has 1 heterocycles. The van der Waals surface area contributed by atoms with Crippen molar-refractivity contribution in [1.29, 1.82) is 0 Å². The topological polar surface area (TPSA) is 90.3 Å². The van der Waals surface area contributed by atoms with Crippen LogP contribution in [0.3, 0.4) is 0 Å². The lowest BCUT2D eigenvalue weighted by Crippen LogP contribution is -2.29. The number of ether oxygens (including phenoxy) is 2. The summed E-state index contributed by atoms with van der Waals surface area (Å²) in [5.74, 6) is 1.86. The molecule has 2 N–H and O–H groups in total. The third-order valence-corrected chi connectivity index (χ3v) is 3.04. The standard InChI is InChI=1S/C14H19N5O3/c1-5-15-18-13-16-12(19(2)14(20)17-13)9-6-7-10(21-3)11(8-9)22-4/h6-8,15H,5H2,1-4H3,(H,17,18,20). The third-order valence-electron chi connectivity index (χ3n) is 3.04. The number of rotatable bonds is 6. The summed E-state index contributed by atoms with van der Waals surface area (Å²) in [6.45, 7) is 2.59. The fourth-order valence-electron chi connectivity index (χ4n) is 1.91. The van der Waals surface area contributed by atoms with Gasteiger partial charge in [0, 0.05) is 19.2 Å². The molecule has 118 valence electrons. The summed E-state index contributed by atoms with van der Waals surface area (Å²) in [5, 5.41) is 0. The average Bonchev–Trinajstić information content (AvgIpc) is 2.55. The second-order valence-corrected chi connectivity index (χ2v) is 4.44. The van der Waals surface area contributed by atoms with Crippen LogP contribution in [0.4, 0.5) is 5.95 Å². The smallest absolute Gasteiger partial charge is 0.352 e. The second kappa shape index (κ2) is 6.90. The Labute approximate surface area is 128 Å². The van der Waals surface area contributed by atoms with Crippen LogP contribution in [0.15, 0.2) is 23.0 Å². The van der Waals surface area contributed by atoms with Crippen LogP contribution in [0.1, 0.15) is 6.92 Å². The van der Waals surface area contributed by atoms with E-state index in [0.717, 1.165) is 5.56 Å². The molecule has 0 bridgehead atoms. The number of hydrogen-bond donors (Lipinski definition) is 2. The van der Waals surface area contributed by atoms with Crippen LogP contribution in [-0.4, -0.2) is 35.3 Å². The minimum absolute atomic E-state index is 0.217. The number of nitrogens with one attached hydrogen (secondary N) is 2. The molecule has 0 atom stereocenters. The van der Waals surface area contributed by atoms with Gasteiger partial charge in [0.05, 0.1) is 14.2 Å². The molecule has 1 aromatic heterocycles. The van der Waals surface area contributed by atoms with Gasteiger partial charge in [0.25, 0.3) is 0 Å². The number of hydrogen-bond acceptors (Lipinski definition) is 7. The molecule has 2 aromatic rings. The summed E-state index contributed by atoms with van der Waals surface area (Å²) in [6, 6.07) is 5.33. The highest BCUT2D eigenvalue weighted by Gasteiger charge is 2.12. The Hall–Kier alpha value is -2.61. The number of hydrazine groups is 1. The largest absolute Gasteiger partial charge is 0.493 e. The van der Waals surface area contributed by atoms with Crippen molar-refractivity contribution in [1.82, 2.24) is 20.0 Å². The van der Waals surface area contributed by atoms with Crippen molar-refractivity contribution in [2.45, 2.75) is 6.92 Å². The van der Waals surface area contributed by atoms with Crippen LogP contribution in [-0.2, 0) is 7.05 Å². The van der Waals surface area contributed by atoms with Crippen LogP contribution in [0.25, 0.3) is 11.4 Å². The highest BCUT2D eigenvalue weighted by Crippen LogP contribution is 2.31. The van der Waals surface area contributed by atoms with Crippen LogP contribution in [0.5, 0.6) is 11.5 Å². The molecule has 0 unspecified atom stereocenters. The third kappa shape index (κ3) is 3.17. The molecule has 0 amide bonds. The molecule has 0 aliphatic heterocycles. The molecule has 0 radical (unpaired) electrons. The summed E-state index contributed by atoms with van der Waals surface area (Å²) >= 11 is 0. The van der Waals surface area contributed by atoms with Gasteiger partial charge in [0.15, 0.2) is 11.5 Å². The molecule has 2 rings (SSSR count). The average molecular weight is 305 g/mol. The van der Waals surface area contributed by atoms with E-state index < -0.39 is 5.69 Å². The molecule has 22 heavy (non-hydrogen) atoms. The molecule has 0 saturated heterocycles. The highest BCUT2D eigenvalue weighted by atomic mass is 16.5. The van der Waals surface area contributed by atoms with Crippen molar-refractivity contribution in [3.63, 3.8) is 0 Å². The first kappa shape index (κ1) is 15.8. The van der Waals surface area contributed by atoms with Crippen molar-refractivity contribution in [3.8, 4) is 22.9 Å². The van der Waals surface area contributed by atoms with E-state index in [9.17, 15) is 4.79 Å². The maximum absolute atomic E-state index is 12.0. The van der Waals surface area contributed by atoms with Crippen molar-refractivity contribution in [2.24, 2.45) is 7.05 Å². The van der Waals surface area contributed by atoms with Gasteiger partial charge in [-0.1, -0.05) is 6.92 Å². The van der Waals surface area contributed by atoms with E-state index >= 15 is 0 Å². The molecular weight excluding hydrogens is 286 g/mol. The molecule has 8 heteroatoms. The maximum Gasteiger partial charge on any atom is 0.352 e. The van der Waals surface area contributed by atoms with E-state index in [-0.39, 0.29) is 5.95 Å². The van der Waals surface area contributed by atoms with Gasteiger partial charge in [0.1, 0.15) is 5.82 Å².